The minimum absolute atomic E-state index is 0.322. The minimum Gasteiger partial charge on any atom is -0.398 e. The van der Waals surface area contributed by atoms with E-state index in [-0.39, 0.29) is 0 Å². The van der Waals surface area contributed by atoms with Gasteiger partial charge in [-0.2, -0.15) is 11.3 Å². The highest BCUT2D eigenvalue weighted by Crippen LogP contribution is 2.36. The molecule has 0 spiro atoms. The maximum Gasteiger partial charge on any atom is 0.125 e. The van der Waals surface area contributed by atoms with Gasteiger partial charge in [0.1, 0.15) is 4.99 Å². The summed E-state index contributed by atoms with van der Waals surface area (Å²) < 4.78 is 0. The van der Waals surface area contributed by atoms with Gasteiger partial charge >= 0.3 is 0 Å². The van der Waals surface area contributed by atoms with Crippen molar-refractivity contribution in [2.45, 2.75) is 37.8 Å². The van der Waals surface area contributed by atoms with Crippen LogP contribution in [-0.2, 0) is 0 Å². The van der Waals surface area contributed by atoms with Gasteiger partial charge in [0.25, 0.3) is 0 Å². The zero-order valence-electron chi connectivity index (χ0n) is 15.6. The molecule has 27 heavy (non-hydrogen) atoms. The number of nitrogen functional groups attached to an aromatic ring is 1. The molecule has 2 aromatic rings. The number of benzene rings is 1. The van der Waals surface area contributed by atoms with Crippen molar-refractivity contribution >= 4 is 39.9 Å². The van der Waals surface area contributed by atoms with Gasteiger partial charge in [0.2, 0.25) is 0 Å². The fraction of sp³-hybridized carbons (Fsp3) is 0.429. The number of likely N-dealkylation sites (tertiary alicyclic amines) is 1. The van der Waals surface area contributed by atoms with Crippen LogP contribution in [0.3, 0.4) is 0 Å². The van der Waals surface area contributed by atoms with Crippen molar-refractivity contribution in [2.75, 3.05) is 19.3 Å². The average molecular weight is 399 g/mol. The molecular weight excluding hydrogens is 372 g/mol. The Labute approximate surface area is 170 Å². The maximum absolute atomic E-state index is 8.61. The summed E-state index contributed by atoms with van der Waals surface area (Å²) in [5, 5.41) is 16.2. The molecule has 0 radical (unpaired) electrons. The van der Waals surface area contributed by atoms with Gasteiger partial charge in [-0.3, -0.25) is 5.41 Å². The Morgan fingerprint density at radius 2 is 2.15 bits per heavy atom. The molecule has 2 fully saturated rings. The lowest BCUT2D eigenvalue weighted by Crippen LogP contribution is -2.40. The first kappa shape index (κ1) is 18.6. The third kappa shape index (κ3) is 3.79. The summed E-state index contributed by atoms with van der Waals surface area (Å²) in [5.41, 5.74) is 10.0. The van der Waals surface area contributed by atoms with Crippen LogP contribution in [0.4, 0.5) is 5.69 Å². The number of fused-ring (bicyclic) bond motifs is 1. The van der Waals surface area contributed by atoms with Crippen LogP contribution in [-0.4, -0.2) is 41.3 Å². The van der Waals surface area contributed by atoms with Crippen molar-refractivity contribution in [3.8, 4) is 11.1 Å². The van der Waals surface area contributed by atoms with Crippen LogP contribution in [0.25, 0.3) is 11.1 Å². The number of piperidine rings is 1. The number of rotatable bonds is 4. The molecule has 1 aromatic carbocycles. The van der Waals surface area contributed by atoms with E-state index in [1.807, 2.05) is 18.2 Å². The van der Waals surface area contributed by atoms with Crippen LogP contribution < -0.4 is 11.1 Å². The fourth-order valence-corrected chi connectivity index (χ4v) is 5.54. The molecule has 4 rings (SSSR count). The average Bonchev–Trinajstić information content (AvgIpc) is 3.32. The van der Waals surface area contributed by atoms with E-state index < -0.39 is 0 Å². The first-order valence-corrected chi connectivity index (χ1v) is 10.9. The Morgan fingerprint density at radius 1 is 1.30 bits per heavy atom. The van der Waals surface area contributed by atoms with Crippen molar-refractivity contribution in [3.63, 3.8) is 0 Å². The van der Waals surface area contributed by atoms with Crippen molar-refractivity contribution in [1.29, 1.82) is 5.41 Å². The van der Waals surface area contributed by atoms with Crippen LogP contribution in [0, 0.1) is 11.3 Å². The van der Waals surface area contributed by atoms with Crippen LogP contribution in [0.1, 0.15) is 31.2 Å². The van der Waals surface area contributed by atoms with E-state index in [0.29, 0.717) is 34.0 Å². The number of thiocarbonyl (C=S) groups is 1. The third-order valence-corrected chi connectivity index (χ3v) is 7.05. The molecule has 1 saturated heterocycles. The Kier molecular flexibility index (Phi) is 5.30. The second-order valence-electron chi connectivity index (χ2n) is 7.78. The van der Waals surface area contributed by atoms with Crippen LogP contribution >= 0.6 is 23.6 Å². The summed E-state index contributed by atoms with van der Waals surface area (Å²) in [4.78, 5) is 3.00. The minimum atomic E-state index is 0.322. The van der Waals surface area contributed by atoms with E-state index in [4.69, 9.17) is 23.4 Å². The lowest BCUT2D eigenvalue weighted by molar-refractivity contribution is 0.144. The first-order chi connectivity index (χ1) is 13.0. The van der Waals surface area contributed by atoms with Gasteiger partial charge in [-0.25, -0.2) is 0 Å². The fourth-order valence-electron chi connectivity index (χ4n) is 4.60. The SMILES string of the molecule is CN1CCCC2CC(NC(=S)C(=N)c3cc(-c4ccsc4)ccc3N)CC21. The molecule has 2 heterocycles. The molecule has 142 valence electrons. The summed E-state index contributed by atoms with van der Waals surface area (Å²) in [6.07, 6.45) is 4.86. The van der Waals surface area contributed by atoms with Gasteiger partial charge in [0.15, 0.2) is 0 Å². The number of thiophene rings is 1. The second kappa shape index (κ2) is 7.70. The summed E-state index contributed by atoms with van der Waals surface area (Å²) in [6.45, 7) is 1.19. The molecule has 6 heteroatoms. The van der Waals surface area contributed by atoms with Gasteiger partial charge in [-0.05, 0) is 85.3 Å². The zero-order chi connectivity index (χ0) is 19.0. The predicted molar refractivity (Wildman–Crippen MR) is 119 cm³/mol. The first-order valence-electron chi connectivity index (χ1n) is 9.55. The van der Waals surface area contributed by atoms with Gasteiger partial charge in [0, 0.05) is 23.3 Å². The van der Waals surface area contributed by atoms with E-state index in [1.54, 1.807) is 11.3 Å². The number of hydrogen-bond acceptors (Lipinski definition) is 5. The lowest BCUT2D eigenvalue weighted by atomic mass is 9.92. The third-order valence-electron chi connectivity index (χ3n) is 6.05. The summed E-state index contributed by atoms with van der Waals surface area (Å²) in [7, 11) is 2.23. The van der Waals surface area contributed by atoms with Crippen molar-refractivity contribution in [1.82, 2.24) is 10.2 Å². The molecule has 1 aromatic heterocycles. The monoisotopic (exact) mass is 398 g/mol. The number of nitrogens with two attached hydrogens (primary N) is 1. The van der Waals surface area contributed by atoms with Crippen LogP contribution in [0.15, 0.2) is 35.0 Å². The Balaban J connectivity index is 1.47. The zero-order valence-corrected chi connectivity index (χ0v) is 17.2. The molecule has 1 saturated carbocycles. The molecule has 4 N–H and O–H groups in total. The summed E-state index contributed by atoms with van der Waals surface area (Å²) in [5.74, 6) is 0.755. The van der Waals surface area contributed by atoms with Gasteiger partial charge in [-0.1, -0.05) is 18.3 Å². The molecular formula is C21H26N4S2. The van der Waals surface area contributed by atoms with Crippen molar-refractivity contribution in [2.24, 2.45) is 5.92 Å². The van der Waals surface area contributed by atoms with Crippen LogP contribution in [0.5, 0.6) is 0 Å². The maximum atomic E-state index is 8.61. The van der Waals surface area contributed by atoms with Crippen LogP contribution in [0.2, 0.25) is 0 Å². The number of anilines is 1. The highest BCUT2D eigenvalue weighted by atomic mass is 32.1. The Bertz CT molecular complexity index is 846. The normalized spacial score (nSPS) is 25.1. The lowest BCUT2D eigenvalue weighted by Gasteiger charge is -2.34. The van der Waals surface area contributed by atoms with E-state index in [2.05, 4.69) is 34.1 Å². The topological polar surface area (TPSA) is 65.1 Å². The summed E-state index contributed by atoms with van der Waals surface area (Å²) in [6, 6.07) is 8.95. The molecule has 4 nitrogen and oxygen atoms in total. The number of nitrogens with zero attached hydrogens (tertiary/aromatic N) is 1. The smallest absolute Gasteiger partial charge is 0.125 e. The predicted octanol–water partition coefficient (Wildman–Crippen LogP) is 4.15. The highest BCUT2D eigenvalue weighted by molar-refractivity contribution is 7.82. The molecule has 3 unspecified atom stereocenters. The van der Waals surface area contributed by atoms with Gasteiger partial charge in [-0.15, -0.1) is 0 Å². The molecule has 3 atom stereocenters. The Hall–Kier alpha value is -1.76. The van der Waals surface area contributed by atoms with E-state index in [9.17, 15) is 0 Å². The summed E-state index contributed by atoms with van der Waals surface area (Å²) >= 11 is 7.25. The van der Waals surface area contributed by atoms with E-state index in [0.717, 1.165) is 29.9 Å². The molecule has 0 amide bonds. The molecule has 1 aliphatic heterocycles. The van der Waals surface area contributed by atoms with E-state index >= 15 is 0 Å². The van der Waals surface area contributed by atoms with E-state index in [1.165, 1.54) is 19.4 Å². The molecule has 1 aliphatic carbocycles. The quantitative estimate of drug-likeness (QED) is 0.411. The molecule has 2 aliphatic rings. The second-order valence-corrected chi connectivity index (χ2v) is 8.97. The van der Waals surface area contributed by atoms with Crippen molar-refractivity contribution in [3.05, 3.63) is 40.6 Å². The standard InChI is InChI=1S/C21H26N4S2/c1-25-7-2-3-14-9-16(11-19(14)25)24-21(26)20(23)17-10-13(4-5-18(17)22)15-6-8-27-12-15/h4-6,8,10,12,14,16,19,23H,2-3,7,9,11,22H2,1H3,(H,24,26). The molecule has 0 bridgehead atoms. The van der Waals surface area contributed by atoms with Crippen molar-refractivity contribution < 1.29 is 0 Å². The highest BCUT2D eigenvalue weighted by Gasteiger charge is 2.38. The number of nitrogens with one attached hydrogen (secondary N) is 2. The van der Waals surface area contributed by atoms with Gasteiger partial charge in [0.05, 0.1) is 5.71 Å². The van der Waals surface area contributed by atoms with Gasteiger partial charge < -0.3 is 16.0 Å². The Morgan fingerprint density at radius 3 is 2.89 bits per heavy atom. The largest absolute Gasteiger partial charge is 0.398 e. The number of hydrogen-bond donors (Lipinski definition) is 3.